The van der Waals surface area contributed by atoms with E-state index in [1.807, 2.05) is 13.8 Å². The highest BCUT2D eigenvalue weighted by Gasteiger charge is 2.52. The Labute approximate surface area is 83.9 Å². The van der Waals surface area contributed by atoms with Gasteiger partial charge in [0.15, 0.2) is 5.79 Å². The molecular weight excluding hydrogens is 182 g/mol. The zero-order chi connectivity index (χ0) is 10.3. The molecule has 0 aromatic heterocycles. The first kappa shape index (κ1) is 10.1. The van der Waals surface area contributed by atoms with Crippen molar-refractivity contribution in [2.45, 2.75) is 43.9 Å². The summed E-state index contributed by atoms with van der Waals surface area (Å²) in [7, 11) is 0. The lowest BCUT2D eigenvalue weighted by Crippen LogP contribution is -2.39. The van der Waals surface area contributed by atoms with Crippen molar-refractivity contribution in [2.75, 3.05) is 6.61 Å². The second-order valence-electron chi connectivity index (χ2n) is 4.28. The molecule has 0 aliphatic carbocycles. The Bertz CT molecular complexity index is 242. The lowest BCUT2D eigenvalue weighted by atomic mass is 10.1. The van der Waals surface area contributed by atoms with Crippen LogP contribution in [0.3, 0.4) is 0 Å². The van der Waals surface area contributed by atoms with E-state index in [1.54, 1.807) is 6.08 Å². The fourth-order valence-electron chi connectivity index (χ4n) is 2.20. The van der Waals surface area contributed by atoms with Gasteiger partial charge < -0.3 is 19.9 Å². The SMILES string of the molecule is C=CC1NC(CO)C2OC(C)(C)OC12. The van der Waals surface area contributed by atoms with Crippen LogP contribution in [0.2, 0.25) is 0 Å². The molecule has 2 fully saturated rings. The van der Waals surface area contributed by atoms with E-state index >= 15 is 0 Å². The maximum Gasteiger partial charge on any atom is 0.163 e. The van der Waals surface area contributed by atoms with Gasteiger partial charge in [0.05, 0.1) is 18.7 Å². The van der Waals surface area contributed by atoms with Crippen LogP contribution in [0.1, 0.15) is 13.8 Å². The Morgan fingerprint density at radius 2 is 2.07 bits per heavy atom. The van der Waals surface area contributed by atoms with Gasteiger partial charge in [0.25, 0.3) is 0 Å². The third-order valence-corrected chi connectivity index (χ3v) is 2.77. The third-order valence-electron chi connectivity index (χ3n) is 2.77. The zero-order valence-corrected chi connectivity index (χ0v) is 8.56. The first-order chi connectivity index (χ1) is 6.57. The van der Waals surface area contributed by atoms with Gasteiger partial charge in [0.1, 0.15) is 12.2 Å². The van der Waals surface area contributed by atoms with Gasteiger partial charge in [-0.05, 0) is 13.8 Å². The second kappa shape index (κ2) is 3.31. The Morgan fingerprint density at radius 1 is 1.43 bits per heavy atom. The van der Waals surface area contributed by atoms with Crippen molar-refractivity contribution in [1.82, 2.24) is 5.32 Å². The van der Waals surface area contributed by atoms with Crippen molar-refractivity contribution in [2.24, 2.45) is 0 Å². The molecule has 0 bridgehead atoms. The van der Waals surface area contributed by atoms with Crippen molar-refractivity contribution in [3.63, 3.8) is 0 Å². The number of aliphatic hydroxyl groups excluding tert-OH is 1. The molecule has 2 aliphatic rings. The van der Waals surface area contributed by atoms with E-state index in [-0.39, 0.29) is 30.9 Å². The third kappa shape index (κ3) is 1.48. The summed E-state index contributed by atoms with van der Waals surface area (Å²) in [5, 5.41) is 12.4. The normalized spacial score (nSPS) is 45.1. The quantitative estimate of drug-likeness (QED) is 0.616. The largest absolute Gasteiger partial charge is 0.395 e. The lowest BCUT2D eigenvalue weighted by Gasteiger charge is -2.22. The summed E-state index contributed by atoms with van der Waals surface area (Å²) in [6.45, 7) is 7.58. The number of fused-ring (bicyclic) bond motifs is 1. The molecule has 0 amide bonds. The minimum atomic E-state index is -0.549. The molecule has 2 rings (SSSR count). The van der Waals surface area contributed by atoms with Gasteiger partial charge in [-0.3, -0.25) is 0 Å². The molecule has 0 spiro atoms. The molecule has 80 valence electrons. The van der Waals surface area contributed by atoms with E-state index in [1.165, 1.54) is 0 Å². The number of ether oxygens (including phenoxy) is 2. The highest BCUT2D eigenvalue weighted by atomic mass is 16.8. The molecule has 2 aliphatic heterocycles. The zero-order valence-electron chi connectivity index (χ0n) is 8.56. The summed E-state index contributed by atoms with van der Waals surface area (Å²) in [4.78, 5) is 0. The fraction of sp³-hybridized carbons (Fsp3) is 0.800. The first-order valence-electron chi connectivity index (χ1n) is 4.92. The van der Waals surface area contributed by atoms with Crippen LogP contribution >= 0.6 is 0 Å². The number of aliphatic hydroxyl groups is 1. The predicted octanol–water partition coefficient (Wildman–Crippen LogP) is 0.0252. The molecule has 4 unspecified atom stereocenters. The van der Waals surface area contributed by atoms with Gasteiger partial charge in [-0.15, -0.1) is 6.58 Å². The lowest BCUT2D eigenvalue weighted by molar-refractivity contribution is -0.156. The Kier molecular flexibility index (Phi) is 2.39. The van der Waals surface area contributed by atoms with Gasteiger partial charge in [0.2, 0.25) is 0 Å². The van der Waals surface area contributed by atoms with Gasteiger partial charge in [0, 0.05) is 0 Å². The molecule has 0 aromatic rings. The molecule has 4 atom stereocenters. The molecule has 4 heteroatoms. The summed E-state index contributed by atoms with van der Waals surface area (Å²) < 4.78 is 11.5. The van der Waals surface area contributed by atoms with Crippen LogP contribution in [0.25, 0.3) is 0 Å². The van der Waals surface area contributed by atoms with Crippen molar-refractivity contribution >= 4 is 0 Å². The number of hydrogen-bond donors (Lipinski definition) is 2. The van der Waals surface area contributed by atoms with Crippen LogP contribution in [0, 0.1) is 0 Å². The van der Waals surface area contributed by atoms with Crippen LogP contribution < -0.4 is 5.32 Å². The van der Waals surface area contributed by atoms with Crippen molar-refractivity contribution < 1.29 is 14.6 Å². The van der Waals surface area contributed by atoms with Crippen LogP contribution in [0.4, 0.5) is 0 Å². The molecular formula is C10H17NO3. The number of rotatable bonds is 2. The minimum absolute atomic E-state index is 0.0281. The van der Waals surface area contributed by atoms with Crippen LogP contribution in [0.15, 0.2) is 12.7 Å². The maximum absolute atomic E-state index is 9.16. The summed E-state index contributed by atoms with van der Waals surface area (Å²) in [5.74, 6) is -0.549. The van der Waals surface area contributed by atoms with Gasteiger partial charge in [-0.25, -0.2) is 0 Å². The average molecular weight is 199 g/mol. The molecule has 2 N–H and O–H groups in total. The number of hydrogen-bond acceptors (Lipinski definition) is 4. The Balaban J connectivity index is 2.16. The van der Waals surface area contributed by atoms with E-state index in [0.717, 1.165) is 0 Å². The topological polar surface area (TPSA) is 50.7 Å². The molecule has 4 nitrogen and oxygen atoms in total. The Hall–Kier alpha value is -0.420. The van der Waals surface area contributed by atoms with Gasteiger partial charge in [-0.1, -0.05) is 6.08 Å². The smallest absolute Gasteiger partial charge is 0.163 e. The summed E-state index contributed by atoms with van der Waals surface area (Å²) in [5.41, 5.74) is 0. The monoisotopic (exact) mass is 199 g/mol. The van der Waals surface area contributed by atoms with Gasteiger partial charge >= 0.3 is 0 Å². The standard InChI is InChI=1S/C10H17NO3/c1-4-6-8-9(7(5-12)11-6)14-10(2,3)13-8/h4,6-9,11-12H,1,5H2,2-3H3. The average Bonchev–Trinajstić information content (AvgIpc) is 2.57. The van der Waals surface area contributed by atoms with E-state index in [0.29, 0.717) is 0 Å². The van der Waals surface area contributed by atoms with Crippen LogP contribution in [0.5, 0.6) is 0 Å². The minimum Gasteiger partial charge on any atom is -0.395 e. The van der Waals surface area contributed by atoms with E-state index in [2.05, 4.69) is 11.9 Å². The van der Waals surface area contributed by atoms with E-state index in [9.17, 15) is 0 Å². The highest BCUT2D eigenvalue weighted by molar-refractivity contribution is 5.09. The molecule has 0 radical (unpaired) electrons. The molecule has 0 aromatic carbocycles. The second-order valence-corrected chi connectivity index (χ2v) is 4.28. The van der Waals surface area contributed by atoms with Crippen LogP contribution in [-0.2, 0) is 9.47 Å². The number of nitrogens with one attached hydrogen (secondary N) is 1. The molecule has 2 heterocycles. The van der Waals surface area contributed by atoms with Gasteiger partial charge in [-0.2, -0.15) is 0 Å². The predicted molar refractivity (Wildman–Crippen MR) is 51.8 cm³/mol. The first-order valence-corrected chi connectivity index (χ1v) is 4.92. The van der Waals surface area contributed by atoms with Crippen molar-refractivity contribution in [3.05, 3.63) is 12.7 Å². The maximum atomic E-state index is 9.16. The molecule has 2 saturated heterocycles. The van der Waals surface area contributed by atoms with E-state index in [4.69, 9.17) is 14.6 Å². The summed E-state index contributed by atoms with van der Waals surface area (Å²) >= 11 is 0. The van der Waals surface area contributed by atoms with Crippen molar-refractivity contribution in [3.8, 4) is 0 Å². The molecule has 14 heavy (non-hydrogen) atoms. The van der Waals surface area contributed by atoms with Crippen molar-refractivity contribution in [1.29, 1.82) is 0 Å². The summed E-state index contributed by atoms with van der Waals surface area (Å²) in [6, 6.07) is 0.0173. The molecule has 0 saturated carbocycles. The fourth-order valence-corrected chi connectivity index (χ4v) is 2.20. The Morgan fingerprint density at radius 3 is 2.64 bits per heavy atom. The van der Waals surface area contributed by atoms with Crippen LogP contribution in [-0.4, -0.2) is 41.8 Å². The summed E-state index contributed by atoms with van der Waals surface area (Å²) in [6.07, 6.45) is 1.70. The van der Waals surface area contributed by atoms with E-state index < -0.39 is 5.79 Å². The highest BCUT2D eigenvalue weighted by Crippen LogP contribution is 2.35.